The summed E-state index contributed by atoms with van der Waals surface area (Å²) in [6.45, 7) is 0. The van der Waals surface area contributed by atoms with Crippen LogP contribution in [0.1, 0.15) is 23.2 Å². The van der Waals surface area contributed by atoms with Crippen molar-refractivity contribution in [2.75, 3.05) is 5.75 Å². The Morgan fingerprint density at radius 3 is 3.07 bits per heavy atom. The molecule has 1 nitrogen and oxygen atoms in total. The minimum atomic E-state index is 0.729. The molecule has 0 aliphatic carbocycles. The van der Waals surface area contributed by atoms with Crippen LogP contribution in [0.25, 0.3) is 0 Å². The third kappa shape index (κ3) is 3.68. The number of benzene rings is 1. The lowest BCUT2D eigenvalue weighted by atomic mass is 10.2. The first-order valence-electron chi connectivity index (χ1n) is 4.48. The van der Waals surface area contributed by atoms with Crippen LogP contribution in [-0.2, 0) is 0 Å². The number of thioether (sulfide) groups is 1. The molecule has 0 radical (unpaired) electrons. The van der Waals surface area contributed by atoms with Crippen LogP contribution in [0.15, 0.2) is 29.2 Å². The van der Waals surface area contributed by atoms with E-state index in [2.05, 4.69) is 5.92 Å². The Balaban J connectivity index is 2.43. The van der Waals surface area contributed by atoms with Crippen LogP contribution < -0.4 is 0 Å². The molecule has 0 fully saturated rings. The first-order valence-corrected chi connectivity index (χ1v) is 5.47. The van der Waals surface area contributed by atoms with Gasteiger partial charge >= 0.3 is 0 Å². The summed E-state index contributed by atoms with van der Waals surface area (Å²) in [7, 11) is 0. The van der Waals surface area contributed by atoms with Gasteiger partial charge in [0.1, 0.15) is 6.29 Å². The largest absolute Gasteiger partial charge is 0.298 e. The normalized spacial score (nSPS) is 9.36. The molecule has 1 aromatic carbocycles. The van der Waals surface area contributed by atoms with Crippen LogP contribution in [0.5, 0.6) is 0 Å². The summed E-state index contributed by atoms with van der Waals surface area (Å²) < 4.78 is 0. The molecule has 0 N–H and O–H groups in total. The van der Waals surface area contributed by atoms with E-state index in [1.54, 1.807) is 17.8 Å². The van der Waals surface area contributed by atoms with Crippen LogP contribution in [0.3, 0.4) is 0 Å². The molecule has 0 aromatic heterocycles. The van der Waals surface area contributed by atoms with Gasteiger partial charge in [0.15, 0.2) is 0 Å². The molecular weight excluding hydrogens is 192 g/mol. The predicted molar refractivity (Wildman–Crippen MR) is 60.6 cm³/mol. The Morgan fingerprint density at radius 1 is 1.50 bits per heavy atom. The lowest BCUT2D eigenvalue weighted by molar-refractivity contribution is 0.112. The Bertz CT molecular complexity index is 338. The highest BCUT2D eigenvalue weighted by atomic mass is 32.2. The monoisotopic (exact) mass is 204 g/mol. The number of rotatable bonds is 5. The molecule has 0 spiro atoms. The summed E-state index contributed by atoms with van der Waals surface area (Å²) in [5, 5.41) is 0. The molecular formula is C12H12OS. The zero-order valence-electron chi connectivity index (χ0n) is 7.90. The molecule has 1 aromatic rings. The molecule has 0 saturated heterocycles. The Hall–Kier alpha value is -1.20. The topological polar surface area (TPSA) is 17.1 Å². The first kappa shape index (κ1) is 10.9. The lowest BCUT2D eigenvalue weighted by Crippen LogP contribution is -1.82. The average Bonchev–Trinajstić information content (AvgIpc) is 2.25. The molecule has 14 heavy (non-hydrogen) atoms. The Morgan fingerprint density at radius 2 is 2.36 bits per heavy atom. The van der Waals surface area contributed by atoms with Crippen LogP contribution >= 0.6 is 11.8 Å². The van der Waals surface area contributed by atoms with Crippen molar-refractivity contribution in [3.05, 3.63) is 29.8 Å². The molecule has 2 heteroatoms. The number of terminal acetylenes is 1. The molecule has 0 aliphatic rings. The van der Waals surface area contributed by atoms with Gasteiger partial charge in [-0.3, -0.25) is 4.79 Å². The third-order valence-electron chi connectivity index (χ3n) is 1.73. The van der Waals surface area contributed by atoms with Crippen molar-refractivity contribution in [3.63, 3.8) is 0 Å². The van der Waals surface area contributed by atoms with Gasteiger partial charge in [0.25, 0.3) is 0 Å². The van der Waals surface area contributed by atoms with Gasteiger partial charge in [0.2, 0.25) is 0 Å². The van der Waals surface area contributed by atoms with Gasteiger partial charge in [-0.2, -0.15) is 0 Å². The molecule has 0 saturated carbocycles. The molecule has 0 heterocycles. The van der Waals surface area contributed by atoms with E-state index in [9.17, 15) is 4.79 Å². The fourth-order valence-corrected chi connectivity index (χ4v) is 1.96. The van der Waals surface area contributed by atoms with E-state index in [1.165, 1.54) is 0 Å². The summed E-state index contributed by atoms with van der Waals surface area (Å²) in [4.78, 5) is 11.6. The zero-order chi connectivity index (χ0) is 10.2. The van der Waals surface area contributed by atoms with E-state index in [0.717, 1.165) is 35.3 Å². The van der Waals surface area contributed by atoms with Gasteiger partial charge in [0, 0.05) is 16.9 Å². The van der Waals surface area contributed by atoms with Crippen molar-refractivity contribution < 1.29 is 4.79 Å². The highest BCUT2D eigenvalue weighted by molar-refractivity contribution is 7.99. The Kier molecular flexibility index (Phi) is 4.88. The van der Waals surface area contributed by atoms with Gasteiger partial charge in [0.05, 0.1) is 0 Å². The second-order valence-corrected chi connectivity index (χ2v) is 4.01. The molecule has 0 unspecified atom stereocenters. The van der Waals surface area contributed by atoms with Crippen molar-refractivity contribution in [2.24, 2.45) is 0 Å². The van der Waals surface area contributed by atoms with Crippen molar-refractivity contribution in [1.29, 1.82) is 0 Å². The number of carbonyl (C=O) groups excluding carboxylic acids is 1. The highest BCUT2D eigenvalue weighted by Gasteiger charge is 1.95. The fraction of sp³-hybridized carbons (Fsp3) is 0.250. The quantitative estimate of drug-likeness (QED) is 0.317. The smallest absolute Gasteiger partial charge is 0.150 e. The third-order valence-corrected chi connectivity index (χ3v) is 2.81. The fourth-order valence-electron chi connectivity index (χ4n) is 1.04. The lowest BCUT2D eigenvalue weighted by Gasteiger charge is -2.00. The van der Waals surface area contributed by atoms with Crippen molar-refractivity contribution in [1.82, 2.24) is 0 Å². The van der Waals surface area contributed by atoms with Gasteiger partial charge in [-0.05, 0) is 24.3 Å². The summed E-state index contributed by atoms with van der Waals surface area (Å²) in [6, 6.07) is 7.60. The highest BCUT2D eigenvalue weighted by Crippen LogP contribution is 2.19. The van der Waals surface area contributed by atoms with E-state index >= 15 is 0 Å². The van der Waals surface area contributed by atoms with E-state index in [1.807, 2.05) is 18.2 Å². The van der Waals surface area contributed by atoms with E-state index in [4.69, 9.17) is 6.42 Å². The van der Waals surface area contributed by atoms with E-state index < -0.39 is 0 Å². The van der Waals surface area contributed by atoms with E-state index in [-0.39, 0.29) is 0 Å². The van der Waals surface area contributed by atoms with E-state index in [0.29, 0.717) is 0 Å². The molecule has 0 atom stereocenters. The number of hydrogen-bond acceptors (Lipinski definition) is 2. The maximum absolute atomic E-state index is 10.5. The summed E-state index contributed by atoms with van der Waals surface area (Å²) in [6.07, 6.45) is 7.85. The van der Waals surface area contributed by atoms with Crippen LogP contribution in [-0.4, -0.2) is 12.0 Å². The summed E-state index contributed by atoms with van der Waals surface area (Å²) in [5.74, 6) is 3.61. The van der Waals surface area contributed by atoms with Gasteiger partial charge < -0.3 is 0 Å². The number of hydrogen-bond donors (Lipinski definition) is 0. The number of unbranched alkanes of at least 4 members (excludes halogenated alkanes) is 1. The van der Waals surface area contributed by atoms with Crippen LogP contribution in [0.4, 0.5) is 0 Å². The SMILES string of the molecule is C#CCCCSc1cccc(C=O)c1. The number of carbonyl (C=O) groups is 1. The molecule has 1 rings (SSSR count). The first-order chi connectivity index (χ1) is 6.86. The molecule has 0 bridgehead atoms. The predicted octanol–water partition coefficient (Wildman–Crippen LogP) is 3.00. The Labute approximate surface area is 88.9 Å². The minimum Gasteiger partial charge on any atom is -0.298 e. The van der Waals surface area contributed by atoms with Gasteiger partial charge in [-0.15, -0.1) is 24.1 Å². The maximum atomic E-state index is 10.5. The molecule has 72 valence electrons. The zero-order valence-corrected chi connectivity index (χ0v) is 8.72. The van der Waals surface area contributed by atoms with Crippen molar-refractivity contribution in [3.8, 4) is 12.3 Å². The average molecular weight is 204 g/mol. The standard InChI is InChI=1S/C12H12OS/c1-2-3-4-8-14-12-7-5-6-11(9-12)10-13/h1,5-7,9-10H,3-4,8H2. The molecule has 0 aliphatic heterocycles. The molecule has 0 amide bonds. The van der Waals surface area contributed by atoms with Crippen molar-refractivity contribution >= 4 is 18.0 Å². The van der Waals surface area contributed by atoms with Gasteiger partial charge in [-0.25, -0.2) is 0 Å². The van der Waals surface area contributed by atoms with Crippen LogP contribution in [0.2, 0.25) is 0 Å². The van der Waals surface area contributed by atoms with Gasteiger partial charge in [-0.1, -0.05) is 12.1 Å². The summed E-state index contributed by atoms with van der Waals surface area (Å²) in [5.41, 5.74) is 0.729. The number of aldehydes is 1. The van der Waals surface area contributed by atoms with Crippen LogP contribution in [0, 0.1) is 12.3 Å². The second kappa shape index (κ2) is 6.28. The second-order valence-electron chi connectivity index (χ2n) is 2.85. The van der Waals surface area contributed by atoms with Crippen molar-refractivity contribution in [2.45, 2.75) is 17.7 Å². The summed E-state index contributed by atoms with van der Waals surface area (Å²) >= 11 is 1.74. The minimum absolute atomic E-state index is 0.729. The maximum Gasteiger partial charge on any atom is 0.150 e.